The molecule has 1 saturated heterocycles. The summed E-state index contributed by atoms with van der Waals surface area (Å²) in [4.78, 5) is 38.7. The Kier molecular flexibility index (Phi) is 6.48. The lowest BCUT2D eigenvalue weighted by atomic mass is 10.1. The molecule has 154 valence electrons. The Morgan fingerprint density at radius 3 is 2.62 bits per heavy atom. The number of ether oxygens (including phenoxy) is 3. The summed E-state index contributed by atoms with van der Waals surface area (Å²) >= 11 is 1.41. The van der Waals surface area contributed by atoms with E-state index in [1.807, 2.05) is 0 Å². The van der Waals surface area contributed by atoms with Crippen molar-refractivity contribution in [1.29, 1.82) is 0 Å². The van der Waals surface area contributed by atoms with Gasteiger partial charge in [0, 0.05) is 18.7 Å². The quantitative estimate of drug-likeness (QED) is 0.499. The van der Waals surface area contributed by atoms with Crippen molar-refractivity contribution in [3.63, 3.8) is 0 Å². The van der Waals surface area contributed by atoms with Gasteiger partial charge in [-0.1, -0.05) is 0 Å². The molecule has 8 nitrogen and oxygen atoms in total. The van der Waals surface area contributed by atoms with E-state index in [-0.39, 0.29) is 11.5 Å². The number of carbonyl (C=O) groups is 3. The van der Waals surface area contributed by atoms with E-state index in [1.165, 1.54) is 44.1 Å². The minimum absolute atomic E-state index is 0.276. The van der Waals surface area contributed by atoms with E-state index < -0.39 is 29.8 Å². The molecule has 1 fully saturated rings. The third-order valence-corrected chi connectivity index (χ3v) is 5.76. The normalized spacial score (nSPS) is 18.4. The second-order valence-electron chi connectivity index (χ2n) is 6.24. The maximum Gasteiger partial charge on any atom is 0.330 e. The van der Waals surface area contributed by atoms with E-state index in [0.29, 0.717) is 23.0 Å². The molecular formula is C20H21NO7S. The maximum atomic E-state index is 12.6. The van der Waals surface area contributed by atoms with Gasteiger partial charge in [0.25, 0.3) is 0 Å². The molecule has 9 heteroatoms. The van der Waals surface area contributed by atoms with Crippen LogP contribution in [0.4, 0.5) is 0 Å². The fourth-order valence-electron chi connectivity index (χ4n) is 3.06. The van der Waals surface area contributed by atoms with Gasteiger partial charge < -0.3 is 23.5 Å². The number of esters is 1. The SMILES string of the molecule is COc1ccc(C(=O)COC(=O)[C@H]2CS[C@H](c3ccco3)N2C(C)=O)c(OC)c1. The number of hydrogen-bond donors (Lipinski definition) is 0. The van der Waals surface area contributed by atoms with Crippen molar-refractivity contribution < 1.29 is 33.0 Å². The molecular weight excluding hydrogens is 398 g/mol. The van der Waals surface area contributed by atoms with Gasteiger partial charge in [-0.25, -0.2) is 4.79 Å². The molecule has 2 aromatic rings. The van der Waals surface area contributed by atoms with Crippen molar-refractivity contribution >= 4 is 29.4 Å². The molecule has 0 N–H and O–H groups in total. The lowest BCUT2D eigenvalue weighted by Crippen LogP contribution is -2.43. The molecule has 0 aliphatic carbocycles. The molecule has 0 spiro atoms. The minimum atomic E-state index is -0.793. The second-order valence-corrected chi connectivity index (χ2v) is 7.35. The number of methoxy groups -OCH3 is 2. The predicted octanol–water partition coefficient (Wildman–Crippen LogP) is 2.69. The smallest absolute Gasteiger partial charge is 0.330 e. The van der Waals surface area contributed by atoms with Crippen LogP contribution < -0.4 is 9.47 Å². The summed E-state index contributed by atoms with van der Waals surface area (Å²) in [5.41, 5.74) is 0.277. The number of thioether (sulfide) groups is 1. The van der Waals surface area contributed by atoms with Crippen molar-refractivity contribution in [3.05, 3.63) is 47.9 Å². The molecule has 3 rings (SSSR count). The van der Waals surface area contributed by atoms with Crippen LogP contribution in [0.15, 0.2) is 41.0 Å². The number of rotatable bonds is 7. The highest BCUT2D eigenvalue weighted by molar-refractivity contribution is 7.99. The summed E-state index contributed by atoms with van der Waals surface area (Å²) in [6, 6.07) is 7.43. The monoisotopic (exact) mass is 419 g/mol. The molecule has 1 aliphatic heterocycles. The lowest BCUT2D eigenvalue weighted by Gasteiger charge is -2.25. The van der Waals surface area contributed by atoms with E-state index >= 15 is 0 Å². The van der Waals surface area contributed by atoms with Crippen molar-refractivity contribution in [2.45, 2.75) is 18.3 Å². The minimum Gasteiger partial charge on any atom is -0.497 e. The number of benzene rings is 1. The molecule has 1 amide bonds. The summed E-state index contributed by atoms with van der Waals surface area (Å²) in [6.07, 6.45) is 1.51. The summed E-state index contributed by atoms with van der Waals surface area (Å²) in [7, 11) is 2.95. The van der Waals surface area contributed by atoms with Crippen LogP contribution in [0.25, 0.3) is 0 Å². The third-order valence-electron chi connectivity index (χ3n) is 4.48. The summed E-state index contributed by atoms with van der Waals surface area (Å²) in [6.45, 7) is 0.926. The maximum absolute atomic E-state index is 12.6. The van der Waals surface area contributed by atoms with Gasteiger partial charge >= 0.3 is 5.97 Å². The average Bonchev–Trinajstić information content (AvgIpc) is 3.40. The Labute approximate surface area is 172 Å². The van der Waals surface area contributed by atoms with Crippen molar-refractivity contribution in [3.8, 4) is 11.5 Å². The van der Waals surface area contributed by atoms with Gasteiger partial charge in [-0.15, -0.1) is 11.8 Å². The first-order valence-electron chi connectivity index (χ1n) is 8.82. The highest BCUT2D eigenvalue weighted by Crippen LogP contribution is 2.41. The van der Waals surface area contributed by atoms with Crippen molar-refractivity contribution in [2.75, 3.05) is 26.6 Å². The summed E-state index contributed by atoms with van der Waals surface area (Å²) in [5.74, 6) is 0.470. The Morgan fingerprint density at radius 2 is 2.00 bits per heavy atom. The number of ketones is 1. The van der Waals surface area contributed by atoms with E-state index in [4.69, 9.17) is 18.6 Å². The number of hydrogen-bond acceptors (Lipinski definition) is 8. The van der Waals surface area contributed by atoms with Crippen LogP contribution in [0.3, 0.4) is 0 Å². The highest BCUT2D eigenvalue weighted by atomic mass is 32.2. The van der Waals surface area contributed by atoms with Crippen LogP contribution in [0.1, 0.15) is 28.4 Å². The van der Waals surface area contributed by atoms with Crippen LogP contribution in [0.5, 0.6) is 11.5 Å². The number of amides is 1. The molecule has 2 atom stereocenters. The standard InChI is InChI=1S/C20H21NO7S/c1-12(22)21-15(11-29-19(21)17-5-4-8-27-17)20(24)28-10-16(23)14-7-6-13(25-2)9-18(14)26-3/h4-9,15,19H,10-11H2,1-3H3/t15-,19-/m1/s1. The Balaban J connectivity index is 1.67. The fourth-order valence-corrected chi connectivity index (χ4v) is 4.48. The van der Waals surface area contributed by atoms with Gasteiger partial charge in [0.1, 0.15) is 28.7 Å². The molecule has 1 aromatic heterocycles. The van der Waals surface area contributed by atoms with Crippen LogP contribution in [-0.2, 0) is 14.3 Å². The number of Topliss-reactive ketones (excluding diaryl/α,β-unsaturated/α-hetero) is 1. The van der Waals surface area contributed by atoms with E-state index in [0.717, 1.165) is 0 Å². The number of nitrogens with zero attached hydrogens (tertiary/aromatic N) is 1. The molecule has 2 heterocycles. The van der Waals surface area contributed by atoms with Crippen LogP contribution in [0.2, 0.25) is 0 Å². The zero-order chi connectivity index (χ0) is 21.0. The molecule has 0 radical (unpaired) electrons. The molecule has 0 saturated carbocycles. The lowest BCUT2D eigenvalue weighted by molar-refractivity contribution is -0.152. The second kappa shape index (κ2) is 9.04. The Bertz CT molecular complexity index is 896. The average molecular weight is 419 g/mol. The van der Waals surface area contributed by atoms with E-state index in [1.54, 1.807) is 30.3 Å². The van der Waals surface area contributed by atoms with Crippen LogP contribution in [-0.4, -0.2) is 55.2 Å². The van der Waals surface area contributed by atoms with Crippen LogP contribution >= 0.6 is 11.8 Å². The molecule has 1 aromatic carbocycles. The Hall–Kier alpha value is -2.94. The summed E-state index contributed by atoms with van der Waals surface area (Å²) < 4.78 is 20.9. The van der Waals surface area contributed by atoms with Gasteiger partial charge in [0.2, 0.25) is 11.7 Å². The van der Waals surface area contributed by atoms with Crippen molar-refractivity contribution in [1.82, 2.24) is 4.90 Å². The molecule has 1 aliphatic rings. The zero-order valence-electron chi connectivity index (χ0n) is 16.2. The molecule has 0 unspecified atom stereocenters. The molecule has 29 heavy (non-hydrogen) atoms. The number of carbonyl (C=O) groups excluding carboxylic acids is 3. The van der Waals surface area contributed by atoms with Gasteiger partial charge in [-0.3, -0.25) is 9.59 Å². The van der Waals surface area contributed by atoms with Crippen molar-refractivity contribution in [2.24, 2.45) is 0 Å². The van der Waals surface area contributed by atoms with Gasteiger partial charge in [-0.2, -0.15) is 0 Å². The molecule has 0 bridgehead atoms. The van der Waals surface area contributed by atoms with Gasteiger partial charge in [0.15, 0.2) is 6.61 Å². The Morgan fingerprint density at radius 1 is 1.21 bits per heavy atom. The highest BCUT2D eigenvalue weighted by Gasteiger charge is 2.43. The first-order valence-corrected chi connectivity index (χ1v) is 9.87. The van der Waals surface area contributed by atoms with E-state index in [2.05, 4.69) is 0 Å². The van der Waals surface area contributed by atoms with Crippen LogP contribution in [0, 0.1) is 0 Å². The number of furan rings is 1. The first kappa shape index (κ1) is 20.8. The third kappa shape index (κ3) is 4.40. The predicted molar refractivity (Wildman–Crippen MR) is 105 cm³/mol. The first-order chi connectivity index (χ1) is 14.0. The topological polar surface area (TPSA) is 95.3 Å². The van der Waals surface area contributed by atoms with Gasteiger partial charge in [0.05, 0.1) is 26.0 Å². The van der Waals surface area contributed by atoms with Gasteiger partial charge in [-0.05, 0) is 24.3 Å². The largest absolute Gasteiger partial charge is 0.497 e. The zero-order valence-corrected chi connectivity index (χ0v) is 17.1. The summed E-state index contributed by atoms with van der Waals surface area (Å²) in [5, 5.41) is -0.405. The van der Waals surface area contributed by atoms with E-state index in [9.17, 15) is 14.4 Å². The fraction of sp³-hybridized carbons (Fsp3) is 0.350.